The third kappa shape index (κ3) is 2.14. The second kappa shape index (κ2) is 4.97. The van der Waals surface area contributed by atoms with E-state index in [0.717, 1.165) is 0 Å². The van der Waals surface area contributed by atoms with Crippen LogP contribution in [-0.2, 0) is 0 Å². The molecule has 0 atom stereocenters. The number of hydrogen-bond acceptors (Lipinski definition) is 4. The lowest BCUT2D eigenvalue weighted by molar-refractivity contribution is 0.213. The Bertz CT molecular complexity index is 238. The molecule has 64 valence electrons. The minimum absolute atomic E-state index is 0.287. The van der Waals surface area contributed by atoms with Crippen LogP contribution >= 0.6 is 0 Å². The topological polar surface area (TPSA) is 75.4 Å². The quantitative estimate of drug-likeness (QED) is 0.392. The van der Waals surface area contributed by atoms with Crippen molar-refractivity contribution in [2.75, 3.05) is 13.1 Å². The highest BCUT2D eigenvalue weighted by Gasteiger charge is 2.21. The number of hydrogen-bond donors (Lipinski definition) is 1. The summed E-state index contributed by atoms with van der Waals surface area (Å²) in [6, 6.07) is 1.57. The van der Waals surface area contributed by atoms with E-state index in [1.165, 1.54) is 4.90 Å². The van der Waals surface area contributed by atoms with Gasteiger partial charge in [-0.25, -0.2) is 0 Å². The van der Waals surface area contributed by atoms with E-state index in [0.29, 0.717) is 13.1 Å². The second-order valence-electron chi connectivity index (χ2n) is 2.06. The van der Waals surface area contributed by atoms with Crippen LogP contribution in [0, 0.1) is 16.7 Å². The van der Waals surface area contributed by atoms with Crippen molar-refractivity contribution in [1.29, 1.82) is 10.7 Å². The van der Waals surface area contributed by atoms with Gasteiger partial charge in [-0.1, -0.05) is 0 Å². The first-order chi connectivity index (χ1) is 5.71. The minimum atomic E-state index is -0.362. The third-order valence-corrected chi connectivity index (χ3v) is 1.48. The molecule has 0 aromatic rings. The molecular formula is C7H11N4O+. The van der Waals surface area contributed by atoms with E-state index < -0.39 is 0 Å². The van der Waals surface area contributed by atoms with Crippen LogP contribution in [0.5, 0.6) is 0 Å². The van der Waals surface area contributed by atoms with E-state index in [4.69, 9.17) is 10.7 Å². The monoisotopic (exact) mass is 167 g/mol. The standard InChI is InChI=1S/C7H10N4O/c1-3-11(4-2)7(12)6(5-8)10-9/h3-4H2,1-2H3/p+1/b7-6+. The molecule has 0 bridgehead atoms. The van der Waals surface area contributed by atoms with Gasteiger partial charge in [-0.2, -0.15) is 5.26 Å². The van der Waals surface area contributed by atoms with E-state index in [9.17, 15) is 5.11 Å². The van der Waals surface area contributed by atoms with Gasteiger partial charge in [0.1, 0.15) is 0 Å². The van der Waals surface area contributed by atoms with Gasteiger partial charge in [0.05, 0.1) is 0 Å². The molecule has 0 saturated heterocycles. The van der Waals surface area contributed by atoms with Gasteiger partial charge in [-0.15, -0.1) is 0 Å². The molecule has 0 amide bonds. The molecular weight excluding hydrogens is 156 g/mol. The largest absolute Gasteiger partial charge is 0.519 e. The SMILES string of the molecule is CCN(CC)/C(O)=C(/C#N)[N+]#N. The summed E-state index contributed by atoms with van der Waals surface area (Å²) in [7, 11) is 0. The van der Waals surface area contributed by atoms with Crippen molar-refractivity contribution >= 4 is 0 Å². The van der Waals surface area contributed by atoms with Crippen LogP contribution in [0.4, 0.5) is 0 Å². The van der Waals surface area contributed by atoms with E-state index >= 15 is 0 Å². The Morgan fingerprint density at radius 1 is 1.50 bits per heavy atom. The van der Waals surface area contributed by atoms with Crippen LogP contribution in [0.1, 0.15) is 13.8 Å². The Kier molecular flexibility index (Phi) is 4.25. The molecule has 5 nitrogen and oxygen atoms in total. The fourth-order valence-corrected chi connectivity index (χ4v) is 0.790. The lowest BCUT2D eigenvalue weighted by Crippen LogP contribution is -2.22. The van der Waals surface area contributed by atoms with Crippen LogP contribution in [0.3, 0.4) is 0 Å². The van der Waals surface area contributed by atoms with Crippen molar-refractivity contribution in [3.8, 4) is 6.07 Å². The van der Waals surface area contributed by atoms with Crippen LogP contribution in [0.15, 0.2) is 11.6 Å². The normalized spacial score (nSPS) is 11.0. The number of rotatable bonds is 3. The summed E-state index contributed by atoms with van der Waals surface area (Å²) < 4.78 is 0. The van der Waals surface area contributed by atoms with Crippen molar-refractivity contribution in [2.45, 2.75) is 13.8 Å². The maximum atomic E-state index is 9.30. The van der Waals surface area contributed by atoms with Crippen molar-refractivity contribution in [3.05, 3.63) is 16.6 Å². The fourth-order valence-electron chi connectivity index (χ4n) is 0.790. The Labute approximate surface area is 71.1 Å². The van der Waals surface area contributed by atoms with Crippen LogP contribution in [0.25, 0.3) is 4.98 Å². The third-order valence-electron chi connectivity index (χ3n) is 1.48. The maximum Gasteiger partial charge on any atom is 0.519 e. The number of aliphatic hydroxyl groups is 1. The lowest BCUT2D eigenvalue weighted by Gasteiger charge is -2.15. The second-order valence-corrected chi connectivity index (χ2v) is 2.06. The summed E-state index contributed by atoms with van der Waals surface area (Å²) in [5.74, 6) is -0.287. The fraction of sp³-hybridized carbons (Fsp3) is 0.571. The van der Waals surface area contributed by atoms with Gasteiger partial charge in [0.25, 0.3) is 5.88 Å². The first-order valence-electron chi connectivity index (χ1n) is 3.64. The molecule has 0 unspecified atom stereocenters. The molecule has 12 heavy (non-hydrogen) atoms. The van der Waals surface area contributed by atoms with Crippen LogP contribution in [-0.4, -0.2) is 23.1 Å². The molecule has 0 radical (unpaired) electrons. The van der Waals surface area contributed by atoms with Crippen molar-refractivity contribution in [3.63, 3.8) is 0 Å². The average molecular weight is 167 g/mol. The molecule has 0 aliphatic carbocycles. The molecule has 0 saturated carbocycles. The van der Waals surface area contributed by atoms with Gasteiger partial charge in [-0.3, -0.25) is 0 Å². The summed E-state index contributed by atoms with van der Waals surface area (Å²) >= 11 is 0. The highest BCUT2D eigenvalue weighted by atomic mass is 16.3. The summed E-state index contributed by atoms with van der Waals surface area (Å²) in [5.41, 5.74) is -0.362. The molecule has 0 rings (SSSR count). The first-order valence-corrected chi connectivity index (χ1v) is 3.64. The van der Waals surface area contributed by atoms with Crippen molar-refractivity contribution in [1.82, 2.24) is 4.90 Å². The van der Waals surface area contributed by atoms with Gasteiger partial charge >= 0.3 is 5.70 Å². The van der Waals surface area contributed by atoms with E-state index in [-0.39, 0.29) is 11.6 Å². The Morgan fingerprint density at radius 2 is 2.00 bits per heavy atom. The molecule has 5 heteroatoms. The minimum Gasteiger partial charge on any atom is -0.488 e. The highest BCUT2D eigenvalue weighted by Crippen LogP contribution is 2.06. The zero-order valence-corrected chi connectivity index (χ0v) is 7.15. The van der Waals surface area contributed by atoms with Crippen molar-refractivity contribution < 1.29 is 5.11 Å². The molecule has 0 aliphatic heterocycles. The molecule has 0 spiro atoms. The Morgan fingerprint density at radius 3 is 2.25 bits per heavy atom. The number of nitrogens with zero attached hydrogens (tertiary/aromatic N) is 4. The summed E-state index contributed by atoms with van der Waals surface area (Å²) in [6.07, 6.45) is 0. The maximum absolute atomic E-state index is 9.30. The molecule has 0 aliphatic rings. The van der Waals surface area contributed by atoms with Crippen LogP contribution < -0.4 is 0 Å². The van der Waals surface area contributed by atoms with E-state index in [2.05, 4.69) is 4.98 Å². The van der Waals surface area contributed by atoms with Gasteiger partial charge < -0.3 is 10.0 Å². The molecule has 0 fully saturated rings. The summed E-state index contributed by atoms with van der Waals surface area (Å²) in [4.78, 5) is 4.16. The Balaban J connectivity index is 4.77. The summed E-state index contributed by atoms with van der Waals surface area (Å²) in [5, 5.41) is 26.0. The lowest BCUT2D eigenvalue weighted by atomic mass is 10.4. The van der Waals surface area contributed by atoms with Gasteiger partial charge in [0.15, 0.2) is 4.98 Å². The summed E-state index contributed by atoms with van der Waals surface area (Å²) in [6.45, 7) is 4.77. The molecule has 0 aromatic heterocycles. The highest BCUT2D eigenvalue weighted by molar-refractivity contribution is 5.28. The zero-order chi connectivity index (χ0) is 9.56. The smallest absolute Gasteiger partial charge is 0.488 e. The van der Waals surface area contributed by atoms with Crippen LogP contribution in [0.2, 0.25) is 0 Å². The number of aliphatic hydroxyl groups excluding tert-OH is 1. The van der Waals surface area contributed by atoms with Crippen molar-refractivity contribution in [2.24, 2.45) is 0 Å². The molecule has 0 aromatic carbocycles. The van der Waals surface area contributed by atoms with E-state index in [1.807, 2.05) is 13.8 Å². The molecule has 0 heterocycles. The average Bonchev–Trinajstić information content (AvgIpc) is 2.09. The predicted octanol–water partition coefficient (Wildman–Crippen LogP) is 1.43. The number of diazo groups is 1. The van der Waals surface area contributed by atoms with Gasteiger partial charge in [-0.05, 0) is 13.8 Å². The zero-order valence-electron chi connectivity index (χ0n) is 7.15. The predicted molar refractivity (Wildman–Crippen MR) is 43.3 cm³/mol. The number of nitriles is 1. The molecule has 1 N–H and O–H groups in total. The van der Waals surface area contributed by atoms with Gasteiger partial charge in [0, 0.05) is 13.1 Å². The number of allylic oxidation sites excluding steroid dienone is 1. The first kappa shape index (κ1) is 10.2. The van der Waals surface area contributed by atoms with E-state index in [1.54, 1.807) is 6.07 Å². The Hall–Kier alpha value is -1.75. The van der Waals surface area contributed by atoms with Gasteiger partial charge in [0.2, 0.25) is 11.5 Å².